The number of fused-ring (bicyclic) bond motifs is 1. The lowest BCUT2D eigenvalue weighted by Crippen LogP contribution is -2.37. The average molecular weight is 188 g/mol. The van der Waals surface area contributed by atoms with Crippen LogP contribution in [0.1, 0.15) is 27.2 Å². The quantitative estimate of drug-likeness (QED) is 0.618. The molecule has 2 saturated heterocycles. The van der Waals surface area contributed by atoms with Crippen LogP contribution in [0.3, 0.4) is 0 Å². The van der Waals surface area contributed by atoms with E-state index in [2.05, 4.69) is 17.1 Å². The first-order valence-corrected chi connectivity index (χ1v) is 5.24. The number of hydrogen-bond donors (Lipinski definition) is 1. The molecule has 3 atom stereocenters. The van der Waals surface area contributed by atoms with E-state index in [4.69, 9.17) is 0 Å². The van der Waals surface area contributed by atoms with Gasteiger partial charge in [-0.1, -0.05) is 13.8 Å². The van der Waals surface area contributed by atoms with Crippen LogP contribution < -0.4 is 5.32 Å². The minimum Gasteiger partial charge on any atom is -0.307 e. The van der Waals surface area contributed by atoms with Gasteiger partial charge in [0.2, 0.25) is 0 Å². The van der Waals surface area contributed by atoms with Crippen LogP contribution in [0.25, 0.3) is 0 Å². The minimum absolute atomic E-state index is 0.0856. The third-order valence-electron chi connectivity index (χ3n) is 2.78. The van der Waals surface area contributed by atoms with E-state index in [1.54, 1.807) is 0 Å². The summed E-state index contributed by atoms with van der Waals surface area (Å²) in [5.74, 6) is 0. The Morgan fingerprint density at radius 3 is 2.62 bits per heavy atom. The topological polar surface area (TPSA) is 15.3 Å². The summed E-state index contributed by atoms with van der Waals surface area (Å²) in [5.41, 5.74) is -0.936. The van der Waals surface area contributed by atoms with Crippen LogP contribution in [-0.4, -0.2) is 42.8 Å². The average Bonchev–Trinajstić information content (AvgIpc) is 2.42. The molecule has 0 aromatic rings. The lowest BCUT2D eigenvalue weighted by Gasteiger charge is -2.16. The number of hydrogen-bond acceptors (Lipinski definition) is 2. The van der Waals surface area contributed by atoms with Crippen molar-refractivity contribution in [3.63, 3.8) is 0 Å². The summed E-state index contributed by atoms with van der Waals surface area (Å²) in [6.07, 6.45) is 0.683. The van der Waals surface area contributed by atoms with E-state index in [9.17, 15) is 4.39 Å². The summed E-state index contributed by atoms with van der Waals surface area (Å²) < 4.78 is 13.9. The molecule has 2 fully saturated rings. The van der Waals surface area contributed by atoms with Gasteiger partial charge in [0.25, 0.3) is 0 Å². The van der Waals surface area contributed by atoms with Crippen LogP contribution in [0.5, 0.6) is 0 Å². The van der Waals surface area contributed by atoms with Crippen molar-refractivity contribution < 1.29 is 4.39 Å². The molecule has 13 heavy (non-hydrogen) atoms. The van der Waals surface area contributed by atoms with Crippen molar-refractivity contribution in [2.75, 3.05) is 20.1 Å². The summed E-state index contributed by atoms with van der Waals surface area (Å²) >= 11 is 0. The second-order valence-electron chi connectivity index (χ2n) is 4.06. The predicted molar refractivity (Wildman–Crippen MR) is 53.7 cm³/mol. The maximum absolute atomic E-state index is 13.9. The summed E-state index contributed by atoms with van der Waals surface area (Å²) in [6, 6.07) is 0.446. The van der Waals surface area contributed by atoms with Crippen LogP contribution in [0.2, 0.25) is 0 Å². The van der Waals surface area contributed by atoms with E-state index in [0.29, 0.717) is 19.0 Å². The molecule has 3 unspecified atom stereocenters. The summed E-state index contributed by atoms with van der Waals surface area (Å²) in [6.45, 7) is 7.52. The molecule has 78 valence electrons. The van der Waals surface area contributed by atoms with Gasteiger partial charge in [-0.15, -0.1) is 0 Å². The van der Waals surface area contributed by atoms with Crippen LogP contribution in [0, 0.1) is 0 Å². The standard InChI is InChI=1S/C8H15FN2.C2H6/c1-6-3-8(9)5-11(2)4-7(8)10-6;1-2/h6-7,10H,3-5H2,1-2H3;1-2H3. The molecule has 2 heterocycles. The number of alkyl halides is 1. The van der Waals surface area contributed by atoms with Crippen LogP contribution in [-0.2, 0) is 0 Å². The zero-order chi connectivity index (χ0) is 10.1. The molecule has 2 rings (SSSR count). The highest BCUT2D eigenvalue weighted by atomic mass is 19.1. The number of likely N-dealkylation sites (tertiary alicyclic amines) is 1. The Balaban J connectivity index is 0.000000396. The van der Waals surface area contributed by atoms with Gasteiger partial charge in [-0.05, 0) is 20.4 Å². The Morgan fingerprint density at radius 2 is 2.08 bits per heavy atom. The van der Waals surface area contributed by atoms with Crippen LogP contribution in [0.4, 0.5) is 4.39 Å². The molecule has 2 aliphatic rings. The lowest BCUT2D eigenvalue weighted by atomic mass is 9.99. The van der Waals surface area contributed by atoms with Crippen LogP contribution >= 0.6 is 0 Å². The summed E-state index contributed by atoms with van der Waals surface area (Å²) in [7, 11) is 1.98. The number of nitrogens with one attached hydrogen (secondary N) is 1. The largest absolute Gasteiger partial charge is 0.307 e. The fourth-order valence-corrected chi connectivity index (χ4v) is 2.42. The number of rotatable bonds is 0. The van der Waals surface area contributed by atoms with Crippen molar-refractivity contribution in [2.45, 2.75) is 44.9 Å². The molecule has 0 radical (unpaired) electrons. The maximum Gasteiger partial charge on any atom is 0.141 e. The predicted octanol–water partition coefficient (Wildman–Crippen LogP) is 1.42. The zero-order valence-corrected chi connectivity index (χ0v) is 9.10. The molecule has 3 heteroatoms. The molecule has 1 N–H and O–H groups in total. The Bertz CT molecular complexity index is 158. The van der Waals surface area contributed by atoms with Gasteiger partial charge < -0.3 is 10.2 Å². The van der Waals surface area contributed by atoms with E-state index in [-0.39, 0.29) is 6.04 Å². The molecule has 0 aromatic heterocycles. The van der Waals surface area contributed by atoms with E-state index < -0.39 is 5.67 Å². The first-order chi connectivity index (χ1) is 6.10. The number of halogens is 1. The third-order valence-corrected chi connectivity index (χ3v) is 2.78. The Morgan fingerprint density at radius 1 is 1.46 bits per heavy atom. The normalized spacial score (nSPS) is 44.1. The maximum atomic E-state index is 13.9. The Hall–Kier alpha value is -0.150. The highest BCUT2D eigenvalue weighted by molar-refractivity contribution is 5.08. The second kappa shape index (κ2) is 3.93. The summed E-state index contributed by atoms with van der Waals surface area (Å²) in [5, 5.41) is 3.27. The second-order valence-corrected chi connectivity index (χ2v) is 4.06. The third kappa shape index (κ3) is 2.02. The molecule has 2 aliphatic heterocycles. The summed E-state index contributed by atoms with van der Waals surface area (Å²) in [4.78, 5) is 2.06. The van der Waals surface area contributed by atoms with E-state index in [1.807, 2.05) is 20.9 Å². The van der Waals surface area contributed by atoms with Gasteiger partial charge in [0.05, 0.1) is 6.04 Å². The number of likely N-dealkylation sites (N-methyl/N-ethyl adjacent to an activating group) is 1. The SMILES string of the molecule is CC.CC1CC2(F)CN(C)CC2N1. The molecule has 0 bridgehead atoms. The van der Waals surface area contributed by atoms with Gasteiger partial charge in [0.1, 0.15) is 5.67 Å². The molecule has 2 nitrogen and oxygen atoms in total. The molecule has 0 aromatic carbocycles. The van der Waals surface area contributed by atoms with Gasteiger partial charge in [0.15, 0.2) is 0 Å². The van der Waals surface area contributed by atoms with Gasteiger partial charge in [-0.2, -0.15) is 0 Å². The highest BCUT2D eigenvalue weighted by Crippen LogP contribution is 2.34. The smallest absolute Gasteiger partial charge is 0.141 e. The van der Waals surface area contributed by atoms with Gasteiger partial charge >= 0.3 is 0 Å². The molecule has 0 spiro atoms. The van der Waals surface area contributed by atoms with Crippen molar-refractivity contribution in [3.05, 3.63) is 0 Å². The fraction of sp³-hybridized carbons (Fsp3) is 1.00. The molecular weight excluding hydrogens is 167 g/mol. The van der Waals surface area contributed by atoms with E-state index in [1.165, 1.54) is 0 Å². The van der Waals surface area contributed by atoms with Crippen molar-refractivity contribution >= 4 is 0 Å². The van der Waals surface area contributed by atoms with Gasteiger partial charge in [0, 0.05) is 19.1 Å². The Labute approximate surface area is 80.5 Å². The monoisotopic (exact) mass is 188 g/mol. The lowest BCUT2D eigenvalue weighted by molar-refractivity contribution is 0.169. The van der Waals surface area contributed by atoms with Crippen LogP contribution in [0.15, 0.2) is 0 Å². The fourth-order valence-electron chi connectivity index (χ4n) is 2.42. The first-order valence-electron chi connectivity index (χ1n) is 5.24. The molecule has 0 saturated carbocycles. The minimum atomic E-state index is -0.936. The van der Waals surface area contributed by atoms with Crippen molar-refractivity contribution in [1.82, 2.24) is 10.2 Å². The Kier molecular flexibility index (Phi) is 3.30. The highest BCUT2D eigenvalue weighted by Gasteiger charge is 2.51. The van der Waals surface area contributed by atoms with Crippen molar-refractivity contribution in [2.24, 2.45) is 0 Å². The molecule has 0 amide bonds. The van der Waals surface area contributed by atoms with Gasteiger partial charge in [-0.25, -0.2) is 4.39 Å². The van der Waals surface area contributed by atoms with E-state index in [0.717, 1.165) is 6.54 Å². The first kappa shape index (κ1) is 10.9. The van der Waals surface area contributed by atoms with Crippen molar-refractivity contribution in [1.29, 1.82) is 0 Å². The number of nitrogens with zero attached hydrogens (tertiary/aromatic N) is 1. The van der Waals surface area contributed by atoms with Crippen molar-refractivity contribution in [3.8, 4) is 0 Å². The molecule has 0 aliphatic carbocycles. The molecular formula is C10H21FN2. The van der Waals surface area contributed by atoms with Gasteiger partial charge in [-0.3, -0.25) is 0 Å². The zero-order valence-electron chi connectivity index (χ0n) is 9.10. The van der Waals surface area contributed by atoms with E-state index >= 15 is 0 Å².